The first-order valence-electron chi connectivity index (χ1n) is 5.87. The molecule has 0 aliphatic rings. The fourth-order valence-corrected chi connectivity index (χ4v) is 2.37. The van der Waals surface area contributed by atoms with Crippen LogP contribution < -0.4 is 5.32 Å². The molecule has 0 heterocycles. The number of esters is 1. The van der Waals surface area contributed by atoms with Crippen LogP contribution in [0.5, 0.6) is 0 Å². The van der Waals surface area contributed by atoms with E-state index < -0.39 is 5.91 Å². The maximum absolute atomic E-state index is 11.6. The predicted octanol–water partition coefficient (Wildman–Crippen LogP) is 3.30. The third-order valence-electron chi connectivity index (χ3n) is 2.20. The summed E-state index contributed by atoms with van der Waals surface area (Å²) in [6.45, 7) is 1.55. The molecule has 1 aromatic rings. The fraction of sp³-hybridized carbons (Fsp3) is 0.308. The van der Waals surface area contributed by atoms with Crippen LogP contribution in [-0.2, 0) is 14.3 Å². The molecule has 0 aliphatic heterocycles. The molecule has 0 spiro atoms. The lowest BCUT2D eigenvalue weighted by molar-refractivity contribution is -0.147. The highest BCUT2D eigenvalue weighted by Gasteiger charge is 2.09. The van der Waals surface area contributed by atoms with Crippen molar-refractivity contribution in [2.45, 2.75) is 24.7 Å². The number of ether oxygens (including phenoxy) is 1. The first kappa shape index (κ1) is 16.5. The minimum atomic E-state index is -0.407. The average molecular weight is 357 g/mol. The number of hydrogen-bond acceptors (Lipinski definition) is 5. The third-order valence-corrected chi connectivity index (χ3v) is 3.43. The number of rotatable bonds is 6. The Kier molecular flexibility index (Phi) is 7.12. The molecule has 0 unspecified atom stereocenters. The number of halogens is 1. The molecule has 1 N–H and O–H groups in total. The van der Waals surface area contributed by atoms with Gasteiger partial charge in [-0.2, -0.15) is 5.26 Å². The molecular formula is C13H13BrN2O3S. The molecule has 1 rings (SSSR count). The van der Waals surface area contributed by atoms with Crippen molar-refractivity contribution in [2.24, 2.45) is 0 Å². The van der Waals surface area contributed by atoms with E-state index in [9.17, 15) is 9.59 Å². The van der Waals surface area contributed by atoms with Crippen LogP contribution in [0.4, 0.5) is 5.69 Å². The molecule has 20 heavy (non-hydrogen) atoms. The molecule has 0 aromatic heterocycles. The summed E-state index contributed by atoms with van der Waals surface area (Å²) < 4.78 is 5.46. The molecule has 0 radical (unpaired) electrons. The Morgan fingerprint density at radius 2 is 2.25 bits per heavy atom. The molecule has 1 amide bonds. The highest BCUT2D eigenvalue weighted by Crippen LogP contribution is 2.28. The highest BCUT2D eigenvalue weighted by molar-refractivity contribution is 9.10. The van der Waals surface area contributed by atoms with Gasteiger partial charge in [-0.05, 0) is 52.3 Å². The van der Waals surface area contributed by atoms with Crippen molar-refractivity contribution in [2.75, 3.05) is 11.9 Å². The highest BCUT2D eigenvalue weighted by atomic mass is 79.9. The number of anilines is 1. The molecule has 1 aromatic carbocycles. The van der Waals surface area contributed by atoms with E-state index in [4.69, 9.17) is 10.00 Å². The maximum Gasteiger partial charge on any atom is 0.306 e. The lowest BCUT2D eigenvalue weighted by atomic mass is 10.3. The van der Waals surface area contributed by atoms with Gasteiger partial charge in [0.05, 0.1) is 5.69 Å². The van der Waals surface area contributed by atoms with Gasteiger partial charge in [-0.3, -0.25) is 9.59 Å². The monoisotopic (exact) mass is 356 g/mol. The van der Waals surface area contributed by atoms with Crippen LogP contribution in [0.15, 0.2) is 27.6 Å². The van der Waals surface area contributed by atoms with Gasteiger partial charge in [0.15, 0.2) is 6.61 Å². The zero-order chi connectivity index (χ0) is 15.0. The Labute approximate surface area is 129 Å². The lowest BCUT2D eigenvalue weighted by Crippen LogP contribution is -2.20. The molecule has 0 fully saturated rings. The Balaban J connectivity index is 2.54. The van der Waals surface area contributed by atoms with Crippen molar-refractivity contribution >= 4 is 45.3 Å². The zero-order valence-electron chi connectivity index (χ0n) is 10.8. The molecule has 0 bridgehead atoms. The normalized spacial score (nSPS) is 9.65. The second kappa shape index (κ2) is 8.61. The second-order valence-electron chi connectivity index (χ2n) is 3.79. The average Bonchev–Trinajstić information content (AvgIpc) is 2.40. The van der Waals surface area contributed by atoms with E-state index in [2.05, 4.69) is 21.2 Å². The Hall–Kier alpha value is -1.52. The van der Waals surface area contributed by atoms with Gasteiger partial charge in [-0.1, -0.05) is 6.92 Å². The maximum atomic E-state index is 11.6. The Morgan fingerprint density at radius 1 is 1.50 bits per heavy atom. The van der Waals surface area contributed by atoms with Gasteiger partial charge in [0.1, 0.15) is 5.40 Å². The second-order valence-corrected chi connectivity index (χ2v) is 5.51. The van der Waals surface area contributed by atoms with E-state index in [0.717, 1.165) is 16.7 Å². The standard InChI is InChI=1S/C13H13BrN2O3S/c1-2-3-13(18)19-7-12(17)16-11-5-4-9(20-8-15)6-10(11)14/h4-6H,2-3,7H2,1H3,(H,16,17). The van der Waals surface area contributed by atoms with Gasteiger partial charge in [0.2, 0.25) is 0 Å². The molecule has 5 nitrogen and oxygen atoms in total. The van der Waals surface area contributed by atoms with Crippen LogP contribution in [0.3, 0.4) is 0 Å². The quantitative estimate of drug-likeness (QED) is 0.480. The van der Waals surface area contributed by atoms with Gasteiger partial charge < -0.3 is 10.1 Å². The zero-order valence-corrected chi connectivity index (χ0v) is 13.2. The summed E-state index contributed by atoms with van der Waals surface area (Å²) in [4.78, 5) is 23.5. The lowest BCUT2D eigenvalue weighted by Gasteiger charge is -2.08. The Morgan fingerprint density at radius 3 is 2.85 bits per heavy atom. The minimum absolute atomic E-state index is 0.303. The van der Waals surface area contributed by atoms with Crippen molar-refractivity contribution < 1.29 is 14.3 Å². The third kappa shape index (κ3) is 5.63. The number of thioether (sulfide) groups is 1. The van der Waals surface area contributed by atoms with Crippen molar-refractivity contribution in [3.63, 3.8) is 0 Å². The minimum Gasteiger partial charge on any atom is -0.456 e. The number of carbonyl (C=O) groups is 2. The van der Waals surface area contributed by atoms with Gasteiger partial charge >= 0.3 is 5.97 Å². The molecule has 0 aliphatic carbocycles. The van der Waals surface area contributed by atoms with E-state index in [1.165, 1.54) is 0 Å². The smallest absolute Gasteiger partial charge is 0.306 e. The molecular weight excluding hydrogens is 344 g/mol. The van der Waals surface area contributed by atoms with Crippen LogP contribution in [0.25, 0.3) is 0 Å². The van der Waals surface area contributed by atoms with Gasteiger partial charge in [-0.15, -0.1) is 0 Å². The van der Waals surface area contributed by atoms with Gasteiger partial charge in [0.25, 0.3) is 5.91 Å². The number of thiocyanates is 1. The van der Waals surface area contributed by atoms with Crippen LogP contribution in [0.1, 0.15) is 19.8 Å². The summed E-state index contributed by atoms with van der Waals surface area (Å²) >= 11 is 4.34. The Bertz CT molecular complexity index is 543. The van der Waals surface area contributed by atoms with E-state index >= 15 is 0 Å². The molecule has 0 saturated heterocycles. The summed E-state index contributed by atoms with van der Waals surface area (Å²) in [6.07, 6.45) is 0.987. The SMILES string of the molecule is CCCC(=O)OCC(=O)Nc1ccc(SC#N)cc1Br. The number of nitrogens with one attached hydrogen (secondary N) is 1. The first-order valence-corrected chi connectivity index (χ1v) is 7.48. The molecule has 0 atom stereocenters. The predicted molar refractivity (Wildman–Crippen MR) is 80.1 cm³/mol. The molecule has 106 valence electrons. The number of carbonyl (C=O) groups excluding carboxylic acids is 2. The number of nitriles is 1. The number of benzene rings is 1. The van der Waals surface area contributed by atoms with E-state index in [1.807, 2.05) is 12.3 Å². The van der Waals surface area contributed by atoms with Gasteiger partial charge in [-0.25, -0.2) is 0 Å². The van der Waals surface area contributed by atoms with Crippen molar-refractivity contribution in [1.82, 2.24) is 0 Å². The number of nitrogens with zero attached hydrogens (tertiary/aromatic N) is 1. The van der Waals surface area contributed by atoms with Crippen molar-refractivity contribution in [3.05, 3.63) is 22.7 Å². The van der Waals surface area contributed by atoms with Crippen LogP contribution in [-0.4, -0.2) is 18.5 Å². The summed E-state index contributed by atoms with van der Waals surface area (Å²) in [6, 6.07) is 5.12. The summed E-state index contributed by atoms with van der Waals surface area (Å²) in [5.74, 6) is -0.793. The van der Waals surface area contributed by atoms with Crippen molar-refractivity contribution in [3.8, 4) is 5.40 Å². The van der Waals surface area contributed by atoms with E-state index in [1.54, 1.807) is 18.2 Å². The fourth-order valence-electron chi connectivity index (χ4n) is 1.32. The summed E-state index contributed by atoms with van der Waals surface area (Å²) in [5, 5.41) is 13.2. The topological polar surface area (TPSA) is 79.2 Å². The molecule has 0 saturated carbocycles. The van der Waals surface area contributed by atoms with Gasteiger partial charge in [0, 0.05) is 15.8 Å². The van der Waals surface area contributed by atoms with Crippen LogP contribution >= 0.6 is 27.7 Å². The van der Waals surface area contributed by atoms with Crippen LogP contribution in [0, 0.1) is 10.7 Å². The molecule has 7 heteroatoms. The van der Waals surface area contributed by atoms with Crippen molar-refractivity contribution in [1.29, 1.82) is 5.26 Å². The number of hydrogen-bond donors (Lipinski definition) is 1. The number of amides is 1. The van der Waals surface area contributed by atoms with Crippen LogP contribution in [0.2, 0.25) is 0 Å². The summed E-state index contributed by atoms with van der Waals surface area (Å²) in [5.41, 5.74) is 0.559. The van der Waals surface area contributed by atoms with E-state index in [0.29, 0.717) is 23.0 Å². The van der Waals surface area contributed by atoms with E-state index in [-0.39, 0.29) is 12.6 Å². The first-order chi connectivity index (χ1) is 9.56. The largest absolute Gasteiger partial charge is 0.456 e. The summed E-state index contributed by atoms with van der Waals surface area (Å²) in [7, 11) is 0.